The van der Waals surface area contributed by atoms with E-state index in [4.69, 9.17) is 9.47 Å². The third kappa shape index (κ3) is 4.51. The van der Waals surface area contributed by atoms with E-state index in [-0.39, 0.29) is 17.5 Å². The minimum absolute atomic E-state index is 0.179. The molecule has 1 aromatic heterocycles. The number of nitrogens with one attached hydrogen (secondary N) is 1. The zero-order chi connectivity index (χ0) is 22.7. The number of hydrogen-bond donors (Lipinski definition) is 1. The number of nitrogens with zero attached hydrogens (tertiary/aromatic N) is 3. The topological polar surface area (TPSA) is 85.7 Å². The average Bonchev–Trinajstić information content (AvgIpc) is 2.81. The first-order chi connectivity index (χ1) is 15.5. The van der Waals surface area contributed by atoms with Gasteiger partial charge < -0.3 is 19.7 Å². The van der Waals surface area contributed by atoms with Crippen molar-refractivity contribution in [3.63, 3.8) is 0 Å². The van der Waals surface area contributed by atoms with E-state index in [1.807, 2.05) is 0 Å². The number of hydrogen-bond acceptors (Lipinski definition) is 5. The lowest BCUT2D eigenvalue weighted by Crippen LogP contribution is -2.42. The number of carbonyl (C=O) groups is 1. The Balaban J connectivity index is 1.37. The molecule has 1 N–H and O–H groups in total. The Hall–Kier alpha value is -3.62. The summed E-state index contributed by atoms with van der Waals surface area (Å²) in [6.45, 7) is 1.67. The molecule has 4 rings (SSSR count). The molecule has 168 valence electrons. The molecule has 0 unspecified atom stereocenters. The SMILES string of the molecule is COc1ccc(NC(=O)N2CCC(Cn3cnc4cc(F)ccc4c3=O)CC2)c(OC)c1. The number of anilines is 1. The first-order valence-corrected chi connectivity index (χ1v) is 10.4. The largest absolute Gasteiger partial charge is 0.497 e. The summed E-state index contributed by atoms with van der Waals surface area (Å²) >= 11 is 0. The van der Waals surface area contributed by atoms with Gasteiger partial charge in [0.15, 0.2) is 0 Å². The first-order valence-electron chi connectivity index (χ1n) is 10.4. The van der Waals surface area contributed by atoms with Gasteiger partial charge in [0.1, 0.15) is 17.3 Å². The van der Waals surface area contributed by atoms with Crippen LogP contribution in [0.4, 0.5) is 14.9 Å². The number of amides is 2. The number of benzene rings is 2. The quantitative estimate of drug-likeness (QED) is 0.656. The smallest absolute Gasteiger partial charge is 0.321 e. The van der Waals surface area contributed by atoms with Gasteiger partial charge in [-0.2, -0.15) is 0 Å². The zero-order valence-electron chi connectivity index (χ0n) is 18.0. The van der Waals surface area contributed by atoms with Crippen molar-refractivity contribution >= 4 is 22.6 Å². The third-order valence-electron chi connectivity index (χ3n) is 5.79. The molecule has 3 aromatic rings. The molecular formula is C23H25FN4O4. The second-order valence-electron chi connectivity index (χ2n) is 7.79. The molecule has 2 aromatic carbocycles. The highest BCUT2D eigenvalue weighted by molar-refractivity contribution is 5.91. The molecule has 2 heterocycles. The molecule has 1 aliphatic rings. The van der Waals surface area contributed by atoms with Gasteiger partial charge in [0.2, 0.25) is 0 Å². The highest BCUT2D eigenvalue weighted by Gasteiger charge is 2.24. The Bertz CT molecular complexity index is 1190. The monoisotopic (exact) mass is 440 g/mol. The summed E-state index contributed by atoms with van der Waals surface area (Å²) in [7, 11) is 3.11. The van der Waals surface area contributed by atoms with Crippen LogP contribution in [0.15, 0.2) is 47.5 Å². The fourth-order valence-corrected chi connectivity index (χ4v) is 3.95. The number of piperidine rings is 1. The second-order valence-corrected chi connectivity index (χ2v) is 7.79. The Morgan fingerprint density at radius 2 is 1.94 bits per heavy atom. The summed E-state index contributed by atoms with van der Waals surface area (Å²) in [6, 6.07) is 9.02. The average molecular weight is 440 g/mol. The molecule has 0 spiro atoms. The molecule has 8 nitrogen and oxygen atoms in total. The van der Waals surface area contributed by atoms with Crippen LogP contribution >= 0.6 is 0 Å². The van der Waals surface area contributed by atoms with Crippen LogP contribution in [0, 0.1) is 11.7 Å². The van der Waals surface area contributed by atoms with Crippen LogP contribution in [0.2, 0.25) is 0 Å². The fraction of sp³-hybridized carbons (Fsp3) is 0.348. The van der Waals surface area contributed by atoms with Gasteiger partial charge in [-0.1, -0.05) is 0 Å². The van der Waals surface area contributed by atoms with Gasteiger partial charge in [0, 0.05) is 31.8 Å². The third-order valence-corrected chi connectivity index (χ3v) is 5.79. The van der Waals surface area contributed by atoms with Crippen molar-refractivity contribution in [1.82, 2.24) is 14.5 Å². The van der Waals surface area contributed by atoms with Gasteiger partial charge in [-0.05, 0) is 43.0 Å². The lowest BCUT2D eigenvalue weighted by Gasteiger charge is -2.32. The van der Waals surface area contributed by atoms with Crippen molar-refractivity contribution in [3.05, 3.63) is 58.9 Å². The maximum atomic E-state index is 13.4. The lowest BCUT2D eigenvalue weighted by atomic mass is 9.97. The maximum absolute atomic E-state index is 13.4. The van der Waals surface area contributed by atoms with E-state index >= 15 is 0 Å². The molecule has 32 heavy (non-hydrogen) atoms. The molecule has 0 radical (unpaired) electrons. The van der Waals surface area contributed by atoms with E-state index in [1.54, 1.807) is 34.8 Å². The molecule has 1 aliphatic heterocycles. The van der Waals surface area contributed by atoms with Crippen LogP contribution in [0.3, 0.4) is 0 Å². The van der Waals surface area contributed by atoms with Gasteiger partial charge in [0.05, 0.1) is 37.1 Å². The van der Waals surface area contributed by atoms with Gasteiger partial charge in [-0.15, -0.1) is 0 Å². The number of halogens is 1. The van der Waals surface area contributed by atoms with Crippen molar-refractivity contribution in [2.75, 3.05) is 32.6 Å². The summed E-state index contributed by atoms with van der Waals surface area (Å²) in [5.74, 6) is 0.992. The molecule has 1 fully saturated rings. The summed E-state index contributed by atoms with van der Waals surface area (Å²) in [5.41, 5.74) is 0.749. The number of aromatic nitrogens is 2. The minimum atomic E-state index is -0.417. The number of fused-ring (bicyclic) bond motifs is 1. The summed E-state index contributed by atoms with van der Waals surface area (Å²) < 4.78 is 25.4. The van der Waals surface area contributed by atoms with E-state index in [2.05, 4.69) is 10.3 Å². The molecule has 0 aliphatic carbocycles. The molecule has 0 atom stereocenters. The van der Waals surface area contributed by atoms with Crippen molar-refractivity contribution in [3.8, 4) is 11.5 Å². The first kappa shape index (κ1) is 21.6. The van der Waals surface area contributed by atoms with E-state index in [1.165, 1.54) is 31.6 Å². The zero-order valence-corrected chi connectivity index (χ0v) is 18.0. The molecule has 0 saturated carbocycles. The minimum Gasteiger partial charge on any atom is -0.497 e. The van der Waals surface area contributed by atoms with Crippen molar-refractivity contribution in [2.24, 2.45) is 5.92 Å². The van der Waals surface area contributed by atoms with Crippen LogP contribution in [-0.4, -0.2) is 47.8 Å². The Labute approximate surface area is 184 Å². The highest BCUT2D eigenvalue weighted by Crippen LogP contribution is 2.29. The van der Waals surface area contributed by atoms with E-state index < -0.39 is 5.82 Å². The number of methoxy groups -OCH3 is 2. The fourth-order valence-electron chi connectivity index (χ4n) is 3.95. The number of ether oxygens (including phenoxy) is 2. The molecule has 2 amide bonds. The van der Waals surface area contributed by atoms with E-state index in [9.17, 15) is 14.0 Å². The summed E-state index contributed by atoms with van der Waals surface area (Å²) in [4.78, 5) is 31.4. The number of carbonyl (C=O) groups excluding carboxylic acids is 1. The van der Waals surface area contributed by atoms with Crippen molar-refractivity contribution in [1.29, 1.82) is 0 Å². The van der Waals surface area contributed by atoms with Crippen LogP contribution in [0.1, 0.15) is 12.8 Å². The van der Waals surface area contributed by atoms with Crippen LogP contribution in [0.5, 0.6) is 11.5 Å². The maximum Gasteiger partial charge on any atom is 0.321 e. The Kier molecular flexibility index (Phi) is 6.25. The van der Waals surface area contributed by atoms with Crippen LogP contribution < -0.4 is 20.3 Å². The number of likely N-dealkylation sites (tertiary alicyclic amines) is 1. The van der Waals surface area contributed by atoms with Gasteiger partial charge in [-0.3, -0.25) is 9.36 Å². The summed E-state index contributed by atoms with van der Waals surface area (Å²) in [6.07, 6.45) is 3.00. The van der Waals surface area contributed by atoms with E-state index in [0.717, 1.165) is 12.8 Å². The number of rotatable bonds is 5. The molecule has 0 bridgehead atoms. The number of urea groups is 1. The Morgan fingerprint density at radius 1 is 1.16 bits per heavy atom. The summed E-state index contributed by atoms with van der Waals surface area (Å²) in [5, 5.41) is 3.29. The molecule has 9 heteroatoms. The predicted molar refractivity (Wildman–Crippen MR) is 119 cm³/mol. The van der Waals surface area contributed by atoms with Gasteiger partial charge >= 0.3 is 6.03 Å². The van der Waals surface area contributed by atoms with Crippen LogP contribution in [-0.2, 0) is 6.54 Å². The standard InChI is InChI=1S/C23H25FN4O4/c1-31-17-4-6-19(21(12-17)32-2)26-23(30)27-9-7-15(8-10-27)13-28-14-25-20-11-16(24)3-5-18(20)22(28)29/h3-6,11-12,14-15H,7-10,13H2,1-2H3,(H,26,30). The lowest BCUT2D eigenvalue weighted by molar-refractivity contribution is 0.176. The molecule has 1 saturated heterocycles. The van der Waals surface area contributed by atoms with E-state index in [0.29, 0.717) is 47.7 Å². The molecular weight excluding hydrogens is 415 g/mol. The van der Waals surface area contributed by atoms with Crippen molar-refractivity contribution < 1.29 is 18.7 Å². The predicted octanol–water partition coefficient (Wildman–Crippen LogP) is 3.50. The Morgan fingerprint density at radius 3 is 2.66 bits per heavy atom. The van der Waals surface area contributed by atoms with Gasteiger partial charge in [0.25, 0.3) is 5.56 Å². The highest BCUT2D eigenvalue weighted by atomic mass is 19.1. The normalized spacial score (nSPS) is 14.4. The van der Waals surface area contributed by atoms with Crippen molar-refractivity contribution in [2.45, 2.75) is 19.4 Å². The van der Waals surface area contributed by atoms with Gasteiger partial charge in [-0.25, -0.2) is 14.2 Å². The second kappa shape index (κ2) is 9.25. The van der Waals surface area contributed by atoms with Crippen LogP contribution in [0.25, 0.3) is 10.9 Å².